The maximum Gasteiger partial charge on any atom is 0.0998 e. The molecule has 0 N–H and O–H groups in total. The molecule has 0 spiro atoms. The minimum atomic E-state index is 0.597. The number of nitriles is 1. The highest BCUT2D eigenvalue weighted by atomic mass is 127. The van der Waals surface area contributed by atoms with Gasteiger partial charge in [-0.2, -0.15) is 5.26 Å². The zero-order chi connectivity index (χ0) is 19.5. The van der Waals surface area contributed by atoms with Crippen molar-refractivity contribution in [2.45, 2.75) is 6.54 Å². The van der Waals surface area contributed by atoms with E-state index in [0.717, 1.165) is 28.6 Å². The number of rotatable bonds is 4. The van der Waals surface area contributed by atoms with E-state index in [0.29, 0.717) is 10.6 Å². The topological polar surface area (TPSA) is 28.7 Å². The number of aromatic nitrogens is 1. The summed E-state index contributed by atoms with van der Waals surface area (Å²) in [5.41, 5.74) is 4.84. The highest BCUT2D eigenvalue weighted by molar-refractivity contribution is 14.1. The van der Waals surface area contributed by atoms with Crippen LogP contribution in [-0.4, -0.2) is 4.57 Å². The van der Waals surface area contributed by atoms with E-state index in [9.17, 15) is 5.26 Å². The number of nitrogens with zero attached hydrogens (tertiary/aromatic N) is 2. The number of para-hydroxylation sites is 1. The molecule has 0 fully saturated rings. The zero-order valence-electron chi connectivity index (χ0n) is 14.9. The maximum atomic E-state index is 9.70. The molecule has 0 saturated carbocycles. The lowest BCUT2D eigenvalue weighted by Crippen LogP contribution is -1.97. The quantitative estimate of drug-likeness (QED) is 0.221. The molecule has 0 aliphatic rings. The van der Waals surface area contributed by atoms with E-state index in [2.05, 4.69) is 75.8 Å². The third kappa shape index (κ3) is 3.99. The summed E-state index contributed by atoms with van der Waals surface area (Å²) in [5.74, 6) is 0. The molecule has 0 aliphatic carbocycles. The van der Waals surface area contributed by atoms with Crippen LogP contribution in [-0.2, 0) is 6.54 Å². The zero-order valence-corrected chi connectivity index (χ0v) is 17.9. The summed E-state index contributed by atoms with van der Waals surface area (Å²) in [6, 6.07) is 26.5. The summed E-state index contributed by atoms with van der Waals surface area (Å²) in [4.78, 5) is 0. The average molecular weight is 495 g/mol. The summed E-state index contributed by atoms with van der Waals surface area (Å²) in [5, 5.41) is 11.5. The summed E-state index contributed by atoms with van der Waals surface area (Å²) in [6.07, 6.45) is 4.06. The Kier molecular flexibility index (Phi) is 5.52. The van der Waals surface area contributed by atoms with Crippen molar-refractivity contribution in [3.63, 3.8) is 0 Å². The van der Waals surface area contributed by atoms with Crippen molar-refractivity contribution in [2.75, 3.05) is 0 Å². The molecule has 0 amide bonds. The molecule has 4 rings (SSSR count). The maximum absolute atomic E-state index is 9.70. The van der Waals surface area contributed by atoms with Gasteiger partial charge in [0.2, 0.25) is 0 Å². The minimum Gasteiger partial charge on any atom is -0.342 e. The first-order chi connectivity index (χ1) is 13.6. The minimum absolute atomic E-state index is 0.597. The monoisotopic (exact) mass is 494 g/mol. The van der Waals surface area contributed by atoms with Crippen LogP contribution in [0, 0.1) is 14.9 Å². The van der Waals surface area contributed by atoms with Gasteiger partial charge in [0.25, 0.3) is 0 Å². The van der Waals surface area contributed by atoms with E-state index in [1.807, 2.05) is 42.5 Å². The molecular formula is C24H16ClIN2. The Bertz CT molecular complexity index is 1210. The second-order valence-electron chi connectivity index (χ2n) is 6.54. The van der Waals surface area contributed by atoms with Crippen LogP contribution in [0.3, 0.4) is 0 Å². The van der Waals surface area contributed by atoms with Gasteiger partial charge in [-0.1, -0.05) is 54.1 Å². The standard InChI is InChI=1S/C24H16ClIN2/c25-21-5-3-4-18(13-21)19(14-27)12-20-16-28(24-7-2-1-6-23(20)24)15-17-8-10-22(26)11-9-17/h1-13,16H,15H2/b19-12+. The van der Waals surface area contributed by atoms with Gasteiger partial charge in [-0.05, 0) is 70.1 Å². The van der Waals surface area contributed by atoms with Crippen LogP contribution in [0.4, 0.5) is 0 Å². The fraction of sp³-hybridized carbons (Fsp3) is 0.0417. The molecule has 3 aromatic carbocycles. The van der Waals surface area contributed by atoms with Gasteiger partial charge in [-0.3, -0.25) is 0 Å². The lowest BCUT2D eigenvalue weighted by atomic mass is 10.0. The summed E-state index contributed by atoms with van der Waals surface area (Å²) in [6.45, 7) is 0.782. The Hall–Kier alpha value is -2.55. The Morgan fingerprint density at radius 1 is 1.04 bits per heavy atom. The van der Waals surface area contributed by atoms with Gasteiger partial charge in [0, 0.05) is 37.8 Å². The highest BCUT2D eigenvalue weighted by Crippen LogP contribution is 2.27. The second kappa shape index (κ2) is 8.22. The summed E-state index contributed by atoms with van der Waals surface area (Å²) in [7, 11) is 0. The normalized spacial score (nSPS) is 11.5. The number of fused-ring (bicyclic) bond motifs is 1. The molecule has 0 radical (unpaired) electrons. The van der Waals surface area contributed by atoms with Crippen molar-refractivity contribution in [1.82, 2.24) is 4.57 Å². The van der Waals surface area contributed by atoms with Crippen LogP contribution in [0.25, 0.3) is 22.6 Å². The Morgan fingerprint density at radius 2 is 1.82 bits per heavy atom. The summed E-state index contributed by atoms with van der Waals surface area (Å²) >= 11 is 8.42. The van der Waals surface area contributed by atoms with Gasteiger partial charge in [-0.25, -0.2) is 0 Å². The Labute approximate surface area is 182 Å². The van der Waals surface area contributed by atoms with Crippen molar-refractivity contribution in [2.24, 2.45) is 0 Å². The van der Waals surface area contributed by atoms with Crippen molar-refractivity contribution >= 4 is 56.7 Å². The third-order valence-corrected chi connectivity index (χ3v) is 5.60. The predicted molar refractivity (Wildman–Crippen MR) is 125 cm³/mol. The SMILES string of the molecule is N#C/C(=C\c1cn(Cc2ccc(I)cc2)c2ccccc12)c1cccc(Cl)c1. The van der Waals surface area contributed by atoms with E-state index in [4.69, 9.17) is 11.6 Å². The average Bonchev–Trinajstić information content (AvgIpc) is 3.05. The molecule has 1 heterocycles. The first-order valence-corrected chi connectivity index (χ1v) is 10.3. The van der Waals surface area contributed by atoms with Crippen LogP contribution in [0.5, 0.6) is 0 Å². The predicted octanol–water partition coefficient (Wildman–Crippen LogP) is 7.01. The van der Waals surface area contributed by atoms with E-state index in [1.165, 1.54) is 9.13 Å². The van der Waals surface area contributed by atoms with Crippen molar-refractivity contribution < 1.29 is 0 Å². The number of allylic oxidation sites excluding steroid dienone is 1. The number of benzene rings is 3. The lowest BCUT2D eigenvalue weighted by Gasteiger charge is -2.05. The molecule has 4 aromatic rings. The van der Waals surface area contributed by atoms with Crippen molar-refractivity contribution in [3.05, 3.63) is 104 Å². The van der Waals surface area contributed by atoms with E-state index < -0.39 is 0 Å². The summed E-state index contributed by atoms with van der Waals surface area (Å²) < 4.78 is 3.46. The van der Waals surface area contributed by atoms with Crippen molar-refractivity contribution in [3.8, 4) is 6.07 Å². The largest absolute Gasteiger partial charge is 0.342 e. The van der Waals surface area contributed by atoms with Gasteiger partial charge >= 0.3 is 0 Å². The van der Waals surface area contributed by atoms with Gasteiger partial charge in [0.15, 0.2) is 0 Å². The molecule has 0 unspecified atom stereocenters. The first kappa shape index (κ1) is 18.8. The van der Waals surface area contributed by atoms with Gasteiger partial charge in [-0.15, -0.1) is 0 Å². The molecule has 0 bridgehead atoms. The fourth-order valence-corrected chi connectivity index (χ4v) is 3.85. The molecular weight excluding hydrogens is 479 g/mol. The molecule has 0 atom stereocenters. The molecule has 0 aliphatic heterocycles. The van der Waals surface area contributed by atoms with Crippen LogP contribution in [0.1, 0.15) is 16.7 Å². The van der Waals surface area contributed by atoms with E-state index in [-0.39, 0.29) is 0 Å². The second-order valence-corrected chi connectivity index (χ2v) is 8.22. The van der Waals surface area contributed by atoms with Crippen LogP contribution in [0.2, 0.25) is 5.02 Å². The molecule has 0 saturated heterocycles. The van der Waals surface area contributed by atoms with Crippen LogP contribution >= 0.6 is 34.2 Å². The first-order valence-electron chi connectivity index (χ1n) is 8.84. The fourth-order valence-electron chi connectivity index (χ4n) is 3.30. The van der Waals surface area contributed by atoms with E-state index >= 15 is 0 Å². The number of halogens is 2. The van der Waals surface area contributed by atoms with Crippen LogP contribution in [0.15, 0.2) is 79.0 Å². The molecule has 1 aromatic heterocycles. The lowest BCUT2D eigenvalue weighted by molar-refractivity contribution is 0.836. The highest BCUT2D eigenvalue weighted by Gasteiger charge is 2.09. The number of hydrogen-bond donors (Lipinski definition) is 0. The molecule has 28 heavy (non-hydrogen) atoms. The smallest absolute Gasteiger partial charge is 0.0998 e. The molecule has 4 heteroatoms. The van der Waals surface area contributed by atoms with E-state index in [1.54, 1.807) is 0 Å². The number of hydrogen-bond acceptors (Lipinski definition) is 1. The Balaban J connectivity index is 1.79. The van der Waals surface area contributed by atoms with Gasteiger partial charge in [0.05, 0.1) is 11.6 Å². The van der Waals surface area contributed by atoms with Crippen molar-refractivity contribution in [1.29, 1.82) is 5.26 Å². The molecule has 2 nitrogen and oxygen atoms in total. The van der Waals surface area contributed by atoms with Gasteiger partial charge < -0.3 is 4.57 Å². The Morgan fingerprint density at radius 3 is 2.57 bits per heavy atom. The third-order valence-electron chi connectivity index (χ3n) is 4.64. The molecule has 136 valence electrons. The van der Waals surface area contributed by atoms with Gasteiger partial charge in [0.1, 0.15) is 0 Å². The van der Waals surface area contributed by atoms with Crippen LogP contribution < -0.4 is 0 Å².